The summed E-state index contributed by atoms with van der Waals surface area (Å²) in [6.07, 6.45) is 0. The van der Waals surface area contributed by atoms with E-state index in [1.807, 2.05) is 215 Å². The summed E-state index contributed by atoms with van der Waals surface area (Å²) >= 11 is 0. The van der Waals surface area contributed by atoms with Gasteiger partial charge in [-0.1, -0.05) is 133 Å². The molecule has 11 aromatic rings. The Morgan fingerprint density at radius 3 is 1.17 bits per heavy atom. The predicted molar refractivity (Wildman–Crippen MR) is 368 cm³/mol. The van der Waals surface area contributed by atoms with E-state index in [0.717, 1.165) is 96.0 Å². The fraction of sp³-hybridized carbons (Fsp3) is 0.164. The van der Waals surface area contributed by atoms with Gasteiger partial charge in [-0.25, -0.2) is 4.79 Å². The summed E-state index contributed by atoms with van der Waals surface area (Å²) in [7, 11) is 1.38. The molecule has 2 amide bonds. The number of nitrogens with one attached hydrogen (secondary N) is 6. The van der Waals surface area contributed by atoms with Gasteiger partial charge in [0.1, 0.15) is 0 Å². The second-order valence-electron chi connectivity index (χ2n) is 20.6. The Labute approximate surface area is 527 Å². The van der Waals surface area contributed by atoms with Crippen molar-refractivity contribution < 1.29 is 25.3 Å². The number of hydrogen-bond donors (Lipinski definition) is 9. The van der Waals surface area contributed by atoms with E-state index in [4.69, 9.17) is 21.9 Å². The molecule has 0 bridgehead atoms. The van der Waals surface area contributed by atoms with Crippen molar-refractivity contribution in [2.75, 3.05) is 62.3 Å². The molecule has 0 aliphatic carbocycles. The number of carbonyl (C=O) groups excluding carboxylic acids is 4. The summed E-state index contributed by atoms with van der Waals surface area (Å²) in [5, 5.41) is 22.4. The molecule has 3 aromatic heterocycles. The number of aromatic nitrogens is 3. The Kier molecular flexibility index (Phi) is 26.1. The molecule has 0 fully saturated rings. The molecule has 8 aromatic carbocycles. The summed E-state index contributed by atoms with van der Waals surface area (Å²) in [5.41, 5.74) is 30.1. The number of esters is 1. The maximum atomic E-state index is 12.6. The molecule has 0 saturated carbocycles. The number of nitrogens with zero attached hydrogens (tertiary/aromatic N) is 3. The molecule has 0 saturated heterocycles. The number of methoxy groups -OCH3 is 1. The molecule has 0 atom stereocenters. The van der Waals surface area contributed by atoms with Crippen molar-refractivity contribution in [1.29, 1.82) is 0 Å². The molecule has 17 nitrogen and oxygen atoms in total. The lowest BCUT2D eigenvalue weighted by atomic mass is 10.1. The van der Waals surface area contributed by atoms with Crippen LogP contribution < -0.4 is 49.1 Å². The van der Waals surface area contributed by atoms with Crippen LogP contribution in [0.2, 0.25) is 0 Å². The fourth-order valence-corrected chi connectivity index (χ4v) is 9.17. The molecular weight excluding hydrogens is 1120 g/mol. The van der Waals surface area contributed by atoms with Crippen molar-refractivity contribution in [2.24, 2.45) is 17.2 Å². The molecule has 17 heteroatoms. The molecular formula is C73H80N12O5. The number of carbonyl (C=O) groups is 4. The van der Waals surface area contributed by atoms with Crippen LogP contribution in [0.3, 0.4) is 0 Å². The highest BCUT2D eigenvalue weighted by Gasteiger charge is 2.12. The van der Waals surface area contributed by atoms with Gasteiger partial charge >= 0.3 is 5.97 Å². The zero-order chi connectivity index (χ0) is 64.0. The van der Waals surface area contributed by atoms with Crippen molar-refractivity contribution in [3.8, 4) is 0 Å². The number of pyridine rings is 3. The van der Waals surface area contributed by atoms with Gasteiger partial charge in [0.15, 0.2) is 5.78 Å². The number of ether oxygens (including phenoxy) is 1. The summed E-state index contributed by atoms with van der Waals surface area (Å²) < 4.78 is 4.75. The topological polar surface area (TPSA) is 266 Å². The van der Waals surface area contributed by atoms with Crippen LogP contribution in [0.15, 0.2) is 224 Å². The van der Waals surface area contributed by atoms with Crippen LogP contribution in [0.4, 0.5) is 34.1 Å². The minimum absolute atomic E-state index is 0. The third-order valence-corrected chi connectivity index (χ3v) is 13.4. The number of Topliss-reactive ketones (excluding diaryl/α,β-unsaturated/α-hetero) is 1. The first-order valence-electron chi connectivity index (χ1n) is 29.5. The predicted octanol–water partition coefficient (Wildman–Crippen LogP) is 12.9. The minimum atomic E-state index is -0.348. The quantitative estimate of drug-likeness (QED) is 0.0220. The number of para-hydroxylation sites is 3. The maximum Gasteiger partial charge on any atom is 0.337 e. The van der Waals surface area contributed by atoms with Gasteiger partial charge in [-0.15, -0.1) is 0 Å². The zero-order valence-electron chi connectivity index (χ0n) is 51.4. The lowest BCUT2D eigenvalue weighted by Gasteiger charge is -2.12. The van der Waals surface area contributed by atoms with Crippen molar-refractivity contribution in [3.05, 3.63) is 269 Å². The van der Waals surface area contributed by atoms with Crippen LogP contribution in [-0.4, -0.2) is 84.9 Å². The lowest BCUT2D eigenvalue weighted by Crippen LogP contribution is -2.31. The summed E-state index contributed by atoms with van der Waals surface area (Å²) in [4.78, 5) is 60.6. The molecule has 0 aliphatic heterocycles. The van der Waals surface area contributed by atoms with Crippen LogP contribution in [0.1, 0.15) is 72.4 Å². The van der Waals surface area contributed by atoms with E-state index in [1.54, 1.807) is 25.1 Å². The van der Waals surface area contributed by atoms with E-state index in [0.29, 0.717) is 56.0 Å². The molecule has 0 spiro atoms. The largest absolute Gasteiger partial charge is 0.465 e. The number of amides is 2. The first kappa shape index (κ1) is 66.8. The Bertz CT molecular complexity index is 4140. The van der Waals surface area contributed by atoms with Gasteiger partial charge in [-0.3, -0.25) is 29.3 Å². The number of rotatable bonds is 18. The van der Waals surface area contributed by atoms with Crippen molar-refractivity contribution >= 4 is 90.4 Å². The smallest absolute Gasteiger partial charge is 0.337 e. The van der Waals surface area contributed by atoms with E-state index < -0.39 is 0 Å². The number of anilines is 6. The molecule has 0 aliphatic rings. The van der Waals surface area contributed by atoms with Gasteiger partial charge in [0.05, 0.1) is 29.2 Å². The Balaban J connectivity index is 0.000000198. The number of ketones is 1. The van der Waals surface area contributed by atoms with Crippen LogP contribution in [0.25, 0.3) is 32.7 Å². The fourth-order valence-electron chi connectivity index (χ4n) is 9.17. The number of aryl methyl sites for hydroxylation is 3. The molecule has 0 unspecified atom stereocenters. The standard InChI is InChI=1S/C26H26N4O.C19H20N4O.C18H16N2O2.C8H8O.C2H8N2.H2/c1-19-16-25(23-12-5-6-13-24(23)29-19)30-22-11-7-10-21(17-22)26(31)28-15-14-27-18-20-8-3-2-4-9-20;1-13-11-18(16-7-2-3-8-17(16)22-13)23-15-6-4-5-14(12-15)19(24)21-10-9-20;1-12-10-17(15-8-3-4-9-16(15)19-12)20-14-7-5-6-13(11-14)18(21)22-2;1-7(9)8-5-3-2-4-6-8;3-1-2-4;/h2-13,16-17,27H,14-15,18H2,1H3,(H,28,31)(H,29,30);2-8,11-12H,9-10,20H2,1H3,(H,21,24)(H,22,23);3-11H,1-2H3,(H,19,20);2-6H,1H3;1-4H2;1H/i;;;;;1+1. The van der Waals surface area contributed by atoms with Gasteiger partial charge in [0.25, 0.3) is 11.8 Å². The van der Waals surface area contributed by atoms with E-state index in [-0.39, 0.29) is 25.0 Å². The zero-order valence-corrected chi connectivity index (χ0v) is 51.4. The van der Waals surface area contributed by atoms with Gasteiger partial charge in [0, 0.05) is 131 Å². The second kappa shape index (κ2) is 35.2. The van der Waals surface area contributed by atoms with Gasteiger partial charge in [0.2, 0.25) is 0 Å². The number of nitrogens with two attached hydrogens (primary N) is 3. The second-order valence-corrected chi connectivity index (χ2v) is 20.6. The molecule has 0 radical (unpaired) electrons. The van der Waals surface area contributed by atoms with Crippen LogP contribution >= 0.6 is 0 Å². The SMILES string of the molecule is CC(=O)c1ccccc1.COC(=O)c1cccc(Nc2cc(C)nc3ccccc23)c1.Cc1cc(Nc2cccc(C(=O)NCCN)c2)c2ccccc2n1.Cc1cc(Nc2cccc(C(=O)NCCNCc3ccccc3)c2)c2ccccc2n1.NCCN.[2HH]. The van der Waals surface area contributed by atoms with Crippen molar-refractivity contribution in [1.82, 2.24) is 30.9 Å². The third kappa shape index (κ3) is 20.7. The van der Waals surface area contributed by atoms with Crippen LogP contribution in [0.5, 0.6) is 0 Å². The van der Waals surface area contributed by atoms with Crippen molar-refractivity contribution in [2.45, 2.75) is 34.2 Å². The average Bonchev–Trinajstić information content (AvgIpc) is 1.13. The maximum absolute atomic E-state index is 12.6. The Morgan fingerprint density at radius 2 is 0.778 bits per heavy atom. The molecule has 11 rings (SSSR count). The molecule has 3 heterocycles. The summed E-state index contributed by atoms with van der Waals surface area (Å²) in [6.45, 7) is 11.6. The molecule has 90 heavy (non-hydrogen) atoms. The van der Waals surface area contributed by atoms with E-state index in [9.17, 15) is 19.2 Å². The van der Waals surface area contributed by atoms with Gasteiger partial charge < -0.3 is 53.8 Å². The Hall–Kier alpha value is -10.7. The number of benzene rings is 8. The normalized spacial score (nSPS) is 10.3. The lowest BCUT2D eigenvalue weighted by molar-refractivity contribution is 0.0600. The van der Waals surface area contributed by atoms with E-state index in [2.05, 4.69) is 59.0 Å². The van der Waals surface area contributed by atoms with Crippen molar-refractivity contribution in [3.63, 3.8) is 0 Å². The minimum Gasteiger partial charge on any atom is -0.465 e. The van der Waals surface area contributed by atoms with Crippen LogP contribution in [-0.2, 0) is 11.3 Å². The van der Waals surface area contributed by atoms with E-state index in [1.165, 1.54) is 12.7 Å². The number of hydrogen-bond acceptors (Lipinski definition) is 15. The van der Waals surface area contributed by atoms with Gasteiger partial charge in [-0.05, 0) is 124 Å². The highest BCUT2D eigenvalue weighted by molar-refractivity contribution is 5.99. The highest BCUT2D eigenvalue weighted by atomic mass is 16.5. The molecule has 12 N–H and O–H groups in total. The monoisotopic (exact) mass is 1210 g/mol. The Morgan fingerprint density at radius 1 is 0.411 bits per heavy atom. The van der Waals surface area contributed by atoms with Gasteiger partial charge in [-0.2, -0.15) is 0 Å². The number of fused-ring (bicyclic) bond motifs is 3. The third-order valence-electron chi connectivity index (χ3n) is 13.4. The molecule has 462 valence electrons. The summed E-state index contributed by atoms with van der Waals surface area (Å²) in [6, 6.07) is 71.6. The summed E-state index contributed by atoms with van der Waals surface area (Å²) in [5.74, 6) is -0.434. The van der Waals surface area contributed by atoms with E-state index >= 15 is 0 Å². The van der Waals surface area contributed by atoms with Crippen LogP contribution in [0, 0.1) is 20.8 Å². The average molecular weight is 1210 g/mol. The first-order valence-corrected chi connectivity index (χ1v) is 29.5. The first-order chi connectivity index (χ1) is 43.7. The highest BCUT2D eigenvalue weighted by Crippen LogP contribution is 2.30.